The molecule has 4 heteroatoms. The fourth-order valence-electron chi connectivity index (χ4n) is 2.46. The number of aliphatic hydroxyl groups is 1. The Morgan fingerprint density at radius 3 is 2.56 bits per heavy atom. The van der Waals surface area contributed by atoms with Gasteiger partial charge in [-0.1, -0.05) is 12.1 Å². The van der Waals surface area contributed by atoms with Crippen LogP contribution in [0.3, 0.4) is 0 Å². The van der Waals surface area contributed by atoms with Gasteiger partial charge < -0.3 is 5.11 Å². The Kier molecular flexibility index (Phi) is 2.46. The van der Waals surface area contributed by atoms with Gasteiger partial charge in [0.1, 0.15) is 0 Å². The van der Waals surface area contributed by atoms with E-state index in [1.54, 1.807) is 13.0 Å². The van der Waals surface area contributed by atoms with Crippen molar-refractivity contribution in [2.75, 3.05) is 0 Å². The van der Waals surface area contributed by atoms with Crippen LogP contribution in [-0.4, -0.2) is 16.1 Å². The van der Waals surface area contributed by atoms with E-state index < -0.39 is 6.10 Å². The summed E-state index contributed by atoms with van der Waals surface area (Å²) in [5.41, 5.74) is 1.37. The molecule has 0 aliphatic heterocycles. The molecule has 1 aliphatic carbocycles. The van der Waals surface area contributed by atoms with Crippen LogP contribution in [0.2, 0.25) is 0 Å². The van der Waals surface area contributed by atoms with E-state index in [1.807, 2.05) is 13.0 Å². The molecule has 0 bridgehead atoms. The van der Waals surface area contributed by atoms with Crippen LogP contribution in [0.15, 0.2) is 18.2 Å². The summed E-state index contributed by atoms with van der Waals surface area (Å²) in [5.74, 6) is 0. The average Bonchev–Trinajstić information content (AvgIpc) is 2.98. The molecule has 0 amide bonds. The van der Waals surface area contributed by atoms with Gasteiger partial charge in [-0.25, -0.2) is 0 Å². The fourth-order valence-corrected chi connectivity index (χ4v) is 2.46. The number of aliphatic hydroxyl groups excluding tert-OH is 1. The molecule has 1 atom stereocenters. The summed E-state index contributed by atoms with van der Waals surface area (Å²) in [6.07, 6.45) is 1.12. The summed E-state index contributed by atoms with van der Waals surface area (Å²) in [4.78, 5) is 10.6. The summed E-state index contributed by atoms with van der Waals surface area (Å²) >= 11 is 0. The molecule has 0 spiro atoms. The molecule has 1 aliphatic rings. The van der Waals surface area contributed by atoms with Crippen molar-refractivity contribution in [2.45, 2.75) is 38.2 Å². The lowest BCUT2D eigenvalue weighted by Crippen LogP contribution is -2.24. The maximum Gasteiger partial charge on any atom is 0.273 e. The second-order valence-corrected chi connectivity index (χ2v) is 4.56. The molecule has 16 heavy (non-hydrogen) atoms. The Morgan fingerprint density at radius 2 is 2.12 bits per heavy atom. The van der Waals surface area contributed by atoms with Gasteiger partial charge in [-0.15, -0.1) is 0 Å². The summed E-state index contributed by atoms with van der Waals surface area (Å²) in [6.45, 7) is 3.58. The standard InChI is InChI=1S/C12H15NO3/c1-8-4-3-5-10(13(15)16)11(8)12(6-7-12)9(2)14/h3-5,9,14H,6-7H2,1-2H3. The van der Waals surface area contributed by atoms with E-state index in [2.05, 4.69) is 0 Å². The molecule has 0 aromatic heterocycles. The molecule has 1 saturated carbocycles. The second-order valence-electron chi connectivity index (χ2n) is 4.56. The normalized spacial score (nSPS) is 19.2. The number of nitro benzene ring substituents is 1. The highest BCUT2D eigenvalue weighted by molar-refractivity contribution is 5.53. The van der Waals surface area contributed by atoms with E-state index in [-0.39, 0.29) is 16.0 Å². The number of nitro groups is 1. The van der Waals surface area contributed by atoms with Gasteiger partial charge >= 0.3 is 0 Å². The van der Waals surface area contributed by atoms with E-state index in [9.17, 15) is 15.2 Å². The Morgan fingerprint density at radius 1 is 1.50 bits per heavy atom. The van der Waals surface area contributed by atoms with Crippen LogP contribution in [0.1, 0.15) is 30.9 Å². The van der Waals surface area contributed by atoms with E-state index in [4.69, 9.17) is 0 Å². The Hall–Kier alpha value is -1.42. The van der Waals surface area contributed by atoms with Crippen molar-refractivity contribution in [1.29, 1.82) is 0 Å². The summed E-state index contributed by atoms with van der Waals surface area (Å²) in [5, 5.41) is 20.8. The first-order chi connectivity index (χ1) is 7.49. The predicted molar refractivity (Wildman–Crippen MR) is 60.4 cm³/mol. The lowest BCUT2D eigenvalue weighted by molar-refractivity contribution is -0.386. The molecule has 4 nitrogen and oxygen atoms in total. The highest BCUT2D eigenvalue weighted by Gasteiger charge is 2.52. The van der Waals surface area contributed by atoms with Crippen LogP contribution in [0.25, 0.3) is 0 Å². The number of hydrogen-bond donors (Lipinski definition) is 1. The predicted octanol–water partition coefficient (Wildman–Crippen LogP) is 2.32. The van der Waals surface area contributed by atoms with Crippen molar-refractivity contribution in [1.82, 2.24) is 0 Å². The highest BCUT2D eigenvalue weighted by atomic mass is 16.6. The van der Waals surface area contributed by atoms with Crippen LogP contribution in [-0.2, 0) is 5.41 Å². The van der Waals surface area contributed by atoms with Gasteiger partial charge in [-0.3, -0.25) is 10.1 Å². The van der Waals surface area contributed by atoms with Crippen LogP contribution < -0.4 is 0 Å². The van der Waals surface area contributed by atoms with Gasteiger partial charge in [0.2, 0.25) is 0 Å². The monoisotopic (exact) mass is 221 g/mol. The molecule has 0 saturated heterocycles. The minimum absolute atomic E-state index is 0.137. The maximum atomic E-state index is 11.0. The third-order valence-corrected chi connectivity index (χ3v) is 3.53. The van der Waals surface area contributed by atoms with Crippen LogP contribution in [0.4, 0.5) is 5.69 Å². The number of benzene rings is 1. The van der Waals surface area contributed by atoms with Crippen LogP contribution >= 0.6 is 0 Å². The zero-order chi connectivity index (χ0) is 11.9. The van der Waals surface area contributed by atoms with Crippen molar-refractivity contribution in [3.05, 3.63) is 39.4 Å². The summed E-state index contributed by atoms with van der Waals surface area (Å²) < 4.78 is 0. The minimum Gasteiger partial charge on any atom is -0.392 e. The first kappa shape index (κ1) is 11.1. The van der Waals surface area contributed by atoms with E-state index in [0.717, 1.165) is 24.0 Å². The van der Waals surface area contributed by atoms with Crippen LogP contribution in [0.5, 0.6) is 0 Å². The number of nitrogens with zero attached hydrogens (tertiary/aromatic N) is 1. The van der Waals surface area contributed by atoms with Crippen molar-refractivity contribution in [3.8, 4) is 0 Å². The second kappa shape index (κ2) is 3.56. The SMILES string of the molecule is Cc1cccc([N+](=O)[O-])c1C1(C(C)O)CC1. The van der Waals surface area contributed by atoms with E-state index in [0.29, 0.717) is 0 Å². The Balaban J connectivity index is 2.59. The smallest absolute Gasteiger partial charge is 0.273 e. The highest BCUT2D eigenvalue weighted by Crippen LogP contribution is 2.54. The average molecular weight is 221 g/mol. The van der Waals surface area contributed by atoms with Crippen molar-refractivity contribution in [2.24, 2.45) is 0 Å². The Labute approximate surface area is 94.1 Å². The third kappa shape index (κ3) is 1.50. The summed E-state index contributed by atoms with van der Waals surface area (Å²) in [6, 6.07) is 5.07. The number of aryl methyl sites for hydroxylation is 1. The first-order valence-electron chi connectivity index (χ1n) is 5.41. The van der Waals surface area contributed by atoms with Gasteiger partial charge in [-0.2, -0.15) is 0 Å². The maximum absolute atomic E-state index is 11.0. The molecular formula is C12H15NO3. The summed E-state index contributed by atoms with van der Waals surface area (Å²) in [7, 11) is 0. The molecule has 1 unspecified atom stereocenters. The molecule has 0 heterocycles. The largest absolute Gasteiger partial charge is 0.392 e. The minimum atomic E-state index is -0.535. The molecular weight excluding hydrogens is 206 g/mol. The van der Waals surface area contributed by atoms with Gasteiger partial charge in [-0.05, 0) is 32.3 Å². The molecule has 2 rings (SSSR count). The molecule has 0 radical (unpaired) electrons. The van der Waals surface area contributed by atoms with Crippen LogP contribution in [0, 0.1) is 17.0 Å². The van der Waals surface area contributed by atoms with Gasteiger partial charge in [0, 0.05) is 17.0 Å². The number of rotatable bonds is 3. The lowest BCUT2D eigenvalue weighted by Gasteiger charge is -2.20. The molecule has 1 aromatic rings. The van der Waals surface area contributed by atoms with Crippen molar-refractivity contribution >= 4 is 5.69 Å². The lowest BCUT2D eigenvalue weighted by atomic mass is 9.86. The quantitative estimate of drug-likeness (QED) is 0.629. The third-order valence-electron chi connectivity index (χ3n) is 3.53. The molecule has 86 valence electrons. The van der Waals surface area contributed by atoms with Crippen molar-refractivity contribution < 1.29 is 10.0 Å². The Bertz CT molecular complexity index is 436. The zero-order valence-corrected chi connectivity index (χ0v) is 9.43. The van der Waals surface area contributed by atoms with Crippen molar-refractivity contribution in [3.63, 3.8) is 0 Å². The molecule has 1 N–H and O–H groups in total. The molecule has 1 aromatic carbocycles. The zero-order valence-electron chi connectivity index (χ0n) is 9.43. The fraction of sp³-hybridized carbons (Fsp3) is 0.500. The molecule has 1 fully saturated rings. The first-order valence-corrected chi connectivity index (χ1v) is 5.41. The topological polar surface area (TPSA) is 63.4 Å². The number of hydrogen-bond acceptors (Lipinski definition) is 3. The van der Waals surface area contributed by atoms with E-state index in [1.165, 1.54) is 6.07 Å². The van der Waals surface area contributed by atoms with E-state index >= 15 is 0 Å². The van der Waals surface area contributed by atoms with Gasteiger partial charge in [0.05, 0.1) is 11.0 Å². The van der Waals surface area contributed by atoms with Gasteiger partial charge in [0.25, 0.3) is 5.69 Å². The van der Waals surface area contributed by atoms with Gasteiger partial charge in [0.15, 0.2) is 0 Å².